The van der Waals surface area contributed by atoms with E-state index in [2.05, 4.69) is 111 Å². The van der Waals surface area contributed by atoms with E-state index in [0.717, 1.165) is 40.0 Å². The van der Waals surface area contributed by atoms with Gasteiger partial charge in [0.2, 0.25) is 0 Å². The summed E-state index contributed by atoms with van der Waals surface area (Å²) in [6.07, 6.45) is 5.17. The van der Waals surface area contributed by atoms with E-state index in [1.54, 1.807) is 0 Å². The number of aliphatic imine (C=N–C) groups is 2. The number of amidine groups is 1. The summed E-state index contributed by atoms with van der Waals surface area (Å²) < 4.78 is 0. The summed E-state index contributed by atoms with van der Waals surface area (Å²) in [6, 6.07) is 30.0. The number of rotatable bonds is 7. The largest absolute Gasteiger partial charge is 0.233 e. The lowest BCUT2D eigenvalue weighted by Crippen LogP contribution is -2.17. The predicted octanol–water partition coefficient (Wildman–Crippen LogP) is 12.4. The molecule has 2 aliphatic rings. The van der Waals surface area contributed by atoms with Crippen LogP contribution in [0.15, 0.2) is 144 Å². The van der Waals surface area contributed by atoms with Gasteiger partial charge < -0.3 is 0 Å². The molecule has 0 aromatic heterocycles. The molecule has 0 heterocycles. The quantitative estimate of drug-likeness (QED) is 0.109. The van der Waals surface area contributed by atoms with Gasteiger partial charge in [0.25, 0.3) is 0 Å². The zero-order valence-corrected chi connectivity index (χ0v) is 30.5. The molecule has 0 saturated heterocycles. The topological polar surface area (TPSA) is 24.7 Å². The van der Waals surface area contributed by atoms with Gasteiger partial charge in [-0.1, -0.05) is 126 Å². The Morgan fingerprint density at radius 3 is 1.94 bits per heavy atom. The minimum Gasteiger partial charge on any atom is -0.233 e. The molecule has 2 nitrogen and oxygen atoms in total. The van der Waals surface area contributed by atoms with Crippen molar-refractivity contribution < 1.29 is 0 Å². The minimum absolute atomic E-state index is 0.0222. The lowest BCUT2D eigenvalue weighted by atomic mass is 9.80. The molecule has 0 aliphatic heterocycles. The fraction of sp³-hybridized carbons (Fsp3) is 0.234. The van der Waals surface area contributed by atoms with Crippen molar-refractivity contribution in [1.82, 2.24) is 0 Å². The average molecular weight is 641 g/mol. The highest BCUT2D eigenvalue weighted by atomic mass is 14.9. The van der Waals surface area contributed by atoms with Crippen molar-refractivity contribution in [2.24, 2.45) is 9.98 Å². The van der Waals surface area contributed by atoms with Gasteiger partial charge >= 0.3 is 0 Å². The van der Waals surface area contributed by atoms with Gasteiger partial charge in [0, 0.05) is 16.7 Å². The molecule has 0 N–H and O–H groups in total. The minimum atomic E-state index is -0.216. The first-order valence-electron chi connectivity index (χ1n) is 17.2. The first-order chi connectivity index (χ1) is 23.2. The molecule has 49 heavy (non-hydrogen) atoms. The fourth-order valence-electron chi connectivity index (χ4n) is 7.59. The van der Waals surface area contributed by atoms with Crippen molar-refractivity contribution in [1.29, 1.82) is 0 Å². The van der Waals surface area contributed by atoms with Crippen molar-refractivity contribution in [3.63, 3.8) is 0 Å². The van der Waals surface area contributed by atoms with Crippen LogP contribution in [0.1, 0.15) is 99.4 Å². The maximum Gasteiger partial charge on any atom is 0.160 e. The highest BCUT2D eigenvalue weighted by Gasteiger charge is 2.42. The second kappa shape index (κ2) is 12.7. The smallest absolute Gasteiger partial charge is 0.160 e. The predicted molar refractivity (Wildman–Crippen MR) is 213 cm³/mol. The molecule has 0 radical (unpaired) electrons. The SMILES string of the molecule is C=C/C(=C\C(C)=C1/CC(C)(C)c2cc3c(cc21)C(C)(C)c1cc(C(N=C(C)c2ccccc2)=NC(=C)c2ccccc2)cc(C)c1-3)C(=C)C. The number of aryl methyl sites for hydroxylation is 1. The van der Waals surface area contributed by atoms with Crippen molar-refractivity contribution in [2.45, 2.75) is 72.6 Å². The Hall–Kier alpha value is -5.08. The average Bonchev–Trinajstić information content (AvgIpc) is 3.48. The Kier molecular flexibility index (Phi) is 8.80. The molecule has 246 valence electrons. The lowest BCUT2D eigenvalue weighted by molar-refractivity contribution is 0.562. The number of hydrogen-bond donors (Lipinski definition) is 0. The standard InChI is InChI=1S/C47H48N2/c1-12-34(29(2)3)23-30(4)40-28-46(8,9)41-27-39-42(26-38(40)41)47(10,11)43-25-37(24-31(5)44(39)43)45(48-32(6)35-19-15-13-16-20-35)49-33(7)36-21-17-14-18-22-36/h12-27H,1-2,6,28H2,3-5,7-11H3/b34-23+,40-30+,48-45?,49-33?. The van der Waals surface area contributed by atoms with E-state index in [-0.39, 0.29) is 10.8 Å². The Morgan fingerprint density at radius 1 is 0.714 bits per heavy atom. The van der Waals surface area contributed by atoms with Crippen LogP contribution < -0.4 is 0 Å². The number of allylic oxidation sites excluding steroid dienone is 6. The first-order valence-corrected chi connectivity index (χ1v) is 17.2. The van der Waals surface area contributed by atoms with E-state index in [1.807, 2.05) is 61.5 Å². The monoisotopic (exact) mass is 640 g/mol. The molecule has 0 bridgehead atoms. The van der Waals surface area contributed by atoms with Crippen molar-refractivity contribution in [2.75, 3.05) is 0 Å². The van der Waals surface area contributed by atoms with Crippen molar-refractivity contribution in [3.8, 4) is 11.1 Å². The Morgan fingerprint density at radius 2 is 1.33 bits per heavy atom. The van der Waals surface area contributed by atoms with Crippen LogP contribution in [0.4, 0.5) is 0 Å². The maximum atomic E-state index is 5.17. The molecule has 0 spiro atoms. The van der Waals surface area contributed by atoms with Gasteiger partial charge in [-0.05, 0) is 131 Å². The fourth-order valence-corrected chi connectivity index (χ4v) is 7.59. The van der Waals surface area contributed by atoms with E-state index in [1.165, 1.54) is 50.1 Å². The van der Waals surface area contributed by atoms with Crippen LogP contribution in [-0.4, -0.2) is 11.5 Å². The summed E-state index contributed by atoms with van der Waals surface area (Å²) in [6.45, 7) is 30.6. The highest BCUT2D eigenvalue weighted by molar-refractivity contribution is 6.13. The summed E-state index contributed by atoms with van der Waals surface area (Å²) >= 11 is 0. The summed E-state index contributed by atoms with van der Waals surface area (Å²) in [5, 5.41) is 0. The van der Waals surface area contributed by atoms with E-state index < -0.39 is 0 Å². The molecule has 0 atom stereocenters. The van der Waals surface area contributed by atoms with Crippen LogP contribution in [-0.2, 0) is 10.8 Å². The van der Waals surface area contributed by atoms with E-state index in [0.29, 0.717) is 11.5 Å². The van der Waals surface area contributed by atoms with Crippen LogP contribution in [0.3, 0.4) is 0 Å². The molecule has 2 heteroatoms. The van der Waals surface area contributed by atoms with Crippen LogP contribution in [0.2, 0.25) is 0 Å². The summed E-state index contributed by atoms with van der Waals surface area (Å²) in [7, 11) is 0. The molecular weight excluding hydrogens is 593 g/mol. The second-order valence-electron chi connectivity index (χ2n) is 14.9. The van der Waals surface area contributed by atoms with Gasteiger partial charge in [-0.2, -0.15) is 0 Å². The Balaban J connectivity index is 1.52. The van der Waals surface area contributed by atoms with Crippen LogP contribution >= 0.6 is 0 Å². The molecule has 0 fully saturated rings. The van der Waals surface area contributed by atoms with Crippen molar-refractivity contribution >= 4 is 22.8 Å². The van der Waals surface area contributed by atoms with Crippen LogP contribution in [0.5, 0.6) is 0 Å². The third kappa shape index (κ3) is 6.17. The summed E-state index contributed by atoms with van der Waals surface area (Å²) in [5.74, 6) is 0.666. The number of nitrogens with zero attached hydrogens (tertiary/aromatic N) is 2. The Bertz CT molecular complexity index is 2140. The van der Waals surface area contributed by atoms with Crippen molar-refractivity contribution in [3.05, 3.63) is 178 Å². The molecule has 0 saturated carbocycles. The van der Waals surface area contributed by atoms with Crippen LogP contribution in [0, 0.1) is 6.92 Å². The van der Waals surface area contributed by atoms with E-state index in [4.69, 9.17) is 9.98 Å². The normalized spacial score (nSPS) is 17.3. The zero-order chi connectivity index (χ0) is 35.2. The summed E-state index contributed by atoms with van der Waals surface area (Å²) in [4.78, 5) is 10.3. The second-order valence-corrected chi connectivity index (χ2v) is 14.9. The lowest BCUT2D eigenvalue weighted by Gasteiger charge is -2.24. The van der Waals surface area contributed by atoms with Gasteiger partial charge in [0.1, 0.15) is 0 Å². The van der Waals surface area contributed by atoms with Gasteiger partial charge in [-0.15, -0.1) is 0 Å². The van der Waals surface area contributed by atoms with Gasteiger partial charge in [0.05, 0.1) is 5.70 Å². The zero-order valence-electron chi connectivity index (χ0n) is 30.5. The maximum absolute atomic E-state index is 5.17. The number of hydrogen-bond acceptors (Lipinski definition) is 1. The molecule has 0 unspecified atom stereocenters. The number of benzene rings is 4. The molecule has 4 aromatic carbocycles. The van der Waals surface area contributed by atoms with Gasteiger partial charge in [-0.3, -0.25) is 0 Å². The molecule has 6 rings (SSSR count). The summed E-state index contributed by atoms with van der Waals surface area (Å²) in [5.41, 5.74) is 18.6. The molecule has 4 aromatic rings. The van der Waals surface area contributed by atoms with E-state index in [9.17, 15) is 0 Å². The van der Waals surface area contributed by atoms with Gasteiger partial charge in [0.15, 0.2) is 5.84 Å². The number of fused-ring (bicyclic) bond motifs is 4. The highest BCUT2D eigenvalue weighted by Crippen LogP contribution is 2.56. The molecular formula is C47H48N2. The Labute approximate surface area is 293 Å². The van der Waals surface area contributed by atoms with E-state index >= 15 is 0 Å². The van der Waals surface area contributed by atoms with Crippen LogP contribution in [0.25, 0.3) is 22.4 Å². The third-order valence-electron chi connectivity index (χ3n) is 10.4. The molecule has 2 aliphatic carbocycles. The molecule has 0 amide bonds. The third-order valence-corrected chi connectivity index (χ3v) is 10.4. The first kappa shape index (κ1) is 33.8. The van der Waals surface area contributed by atoms with Gasteiger partial charge in [-0.25, -0.2) is 9.98 Å².